The number of nitrogens with zero attached hydrogens (tertiary/aromatic N) is 1. The van der Waals surface area contributed by atoms with Crippen LogP contribution in [0.3, 0.4) is 0 Å². The van der Waals surface area contributed by atoms with E-state index in [-0.39, 0.29) is 5.56 Å². The van der Waals surface area contributed by atoms with Crippen LogP contribution in [0.25, 0.3) is 10.9 Å². The van der Waals surface area contributed by atoms with Crippen LogP contribution in [0.5, 0.6) is 11.5 Å². The lowest BCUT2D eigenvalue weighted by Crippen LogP contribution is -2.24. The minimum Gasteiger partial charge on any atom is -0.492 e. The molecule has 0 saturated carbocycles. The number of aromatic nitrogens is 1. The van der Waals surface area contributed by atoms with Crippen molar-refractivity contribution in [3.8, 4) is 11.5 Å². The second-order valence-electron chi connectivity index (χ2n) is 10.3. The molecule has 0 unspecified atom stereocenters. The molecule has 0 atom stereocenters. The van der Waals surface area contributed by atoms with Gasteiger partial charge in [-0.05, 0) is 64.7 Å². The van der Waals surface area contributed by atoms with E-state index in [4.69, 9.17) is 9.47 Å². The number of rotatable bonds is 18. The van der Waals surface area contributed by atoms with Gasteiger partial charge in [-0.2, -0.15) is 0 Å². The molecule has 0 bridgehead atoms. The number of methoxy groups -OCH3 is 1. The Bertz CT molecular complexity index is 1080. The number of ether oxygens (including phenoxy) is 2. The molecular formula is C32H50N2O3. The molecule has 37 heavy (non-hydrogen) atoms. The van der Waals surface area contributed by atoms with Crippen molar-refractivity contribution in [3.05, 3.63) is 51.9 Å². The van der Waals surface area contributed by atoms with Gasteiger partial charge in [-0.3, -0.25) is 4.79 Å². The Labute approximate surface area is 224 Å². The molecular weight excluding hydrogens is 460 g/mol. The number of fused-ring (bicyclic) bond motifs is 1. The molecule has 0 aliphatic carbocycles. The topological polar surface area (TPSA) is 52.5 Å². The zero-order chi connectivity index (χ0) is 27.0. The van der Waals surface area contributed by atoms with Gasteiger partial charge in [0.15, 0.2) is 5.75 Å². The highest BCUT2D eigenvalue weighted by Gasteiger charge is 2.19. The summed E-state index contributed by atoms with van der Waals surface area (Å²) in [6.07, 6.45) is 15.7. The maximum absolute atomic E-state index is 13.6. The summed E-state index contributed by atoms with van der Waals surface area (Å²) in [5.41, 5.74) is 4.52. The highest BCUT2D eigenvalue weighted by Crippen LogP contribution is 2.34. The minimum atomic E-state index is -0.101. The summed E-state index contributed by atoms with van der Waals surface area (Å²) in [7, 11) is 1.62. The number of hydrogen-bond acceptors (Lipinski definition) is 4. The molecule has 1 N–H and O–H groups in total. The van der Waals surface area contributed by atoms with E-state index in [1.165, 1.54) is 36.8 Å². The van der Waals surface area contributed by atoms with Crippen LogP contribution in [0.4, 0.5) is 5.69 Å². The maximum atomic E-state index is 13.6. The lowest BCUT2D eigenvalue weighted by molar-refractivity contribution is 0.280. The zero-order valence-corrected chi connectivity index (χ0v) is 24.3. The van der Waals surface area contributed by atoms with Crippen molar-refractivity contribution in [1.82, 2.24) is 4.57 Å². The Morgan fingerprint density at radius 2 is 1.68 bits per heavy atom. The average Bonchev–Trinajstić information content (AvgIpc) is 2.87. The summed E-state index contributed by atoms with van der Waals surface area (Å²) in [6.45, 7) is 12.8. The van der Waals surface area contributed by atoms with Gasteiger partial charge in [0.2, 0.25) is 5.75 Å². The normalized spacial score (nSPS) is 11.6. The molecule has 1 heterocycles. The Balaban J connectivity index is 2.23. The van der Waals surface area contributed by atoms with E-state index in [1.54, 1.807) is 7.11 Å². The van der Waals surface area contributed by atoms with Crippen molar-refractivity contribution in [2.24, 2.45) is 0 Å². The fourth-order valence-electron chi connectivity index (χ4n) is 4.47. The van der Waals surface area contributed by atoms with Crippen LogP contribution in [-0.2, 0) is 6.54 Å². The Hall–Kier alpha value is -2.69. The third-order valence-electron chi connectivity index (χ3n) is 6.71. The van der Waals surface area contributed by atoms with Gasteiger partial charge in [0.1, 0.15) is 0 Å². The average molecular weight is 511 g/mol. The maximum Gasteiger partial charge on any atom is 0.297 e. The van der Waals surface area contributed by atoms with E-state index in [9.17, 15) is 4.79 Å². The van der Waals surface area contributed by atoms with Gasteiger partial charge in [-0.25, -0.2) is 0 Å². The predicted octanol–water partition coefficient (Wildman–Crippen LogP) is 8.65. The van der Waals surface area contributed by atoms with Crippen LogP contribution in [-0.4, -0.2) is 24.8 Å². The molecule has 0 spiro atoms. The summed E-state index contributed by atoms with van der Waals surface area (Å²) in [5, 5.41) is 4.42. The second kappa shape index (κ2) is 16.9. The number of unbranched alkanes of at least 4 members (excludes halogenated alkanes) is 6. The molecule has 0 amide bonds. The van der Waals surface area contributed by atoms with E-state index in [2.05, 4.69) is 64.2 Å². The number of allylic oxidation sites excluding steroid dienone is 3. The molecule has 1 aromatic carbocycles. The first-order valence-electron chi connectivity index (χ1n) is 14.3. The zero-order valence-electron chi connectivity index (χ0n) is 24.3. The van der Waals surface area contributed by atoms with E-state index in [1.807, 2.05) is 10.6 Å². The third-order valence-corrected chi connectivity index (χ3v) is 6.71. The molecule has 0 aliphatic heterocycles. The largest absolute Gasteiger partial charge is 0.492 e. The van der Waals surface area contributed by atoms with Crippen LogP contribution in [0, 0.1) is 0 Å². The van der Waals surface area contributed by atoms with E-state index in [0.717, 1.165) is 61.7 Å². The standard InChI is InChI=1S/C32H50N2O3/c1-7-9-11-12-13-14-23-37-31-30(36-6)28-19-18-27(24-29(28)34(32(31)35)22-10-8-2)33-21-20-26(5)17-15-16-25(3)4/h16,18-20,24,33H,7-15,17,21-23H2,1-6H3/b26-20+. The third kappa shape index (κ3) is 9.94. The van der Waals surface area contributed by atoms with Gasteiger partial charge >= 0.3 is 0 Å². The minimum absolute atomic E-state index is 0.101. The van der Waals surface area contributed by atoms with Gasteiger partial charge in [0, 0.05) is 24.2 Å². The molecule has 5 nitrogen and oxygen atoms in total. The molecule has 2 aromatic rings. The van der Waals surface area contributed by atoms with Crippen molar-refractivity contribution in [3.63, 3.8) is 0 Å². The fraction of sp³-hybridized carbons (Fsp3) is 0.594. The number of hydrogen-bond donors (Lipinski definition) is 1. The highest BCUT2D eigenvalue weighted by atomic mass is 16.5. The molecule has 1 aromatic heterocycles. The van der Waals surface area contributed by atoms with E-state index in [0.29, 0.717) is 24.7 Å². The molecule has 2 rings (SSSR count). The summed E-state index contributed by atoms with van der Waals surface area (Å²) < 4.78 is 13.7. The van der Waals surface area contributed by atoms with Gasteiger partial charge in [0.25, 0.3) is 5.56 Å². The molecule has 0 saturated heterocycles. The van der Waals surface area contributed by atoms with E-state index < -0.39 is 0 Å². The Morgan fingerprint density at radius 3 is 2.38 bits per heavy atom. The molecule has 5 heteroatoms. The number of pyridine rings is 1. The predicted molar refractivity (Wildman–Crippen MR) is 159 cm³/mol. The first-order valence-corrected chi connectivity index (χ1v) is 14.3. The van der Waals surface area contributed by atoms with Crippen molar-refractivity contribution in [2.45, 2.75) is 105 Å². The van der Waals surface area contributed by atoms with Crippen LogP contribution in [0.2, 0.25) is 0 Å². The number of anilines is 1. The second-order valence-corrected chi connectivity index (χ2v) is 10.3. The first kappa shape index (κ1) is 30.5. The quantitative estimate of drug-likeness (QED) is 0.161. The molecule has 0 radical (unpaired) electrons. The van der Waals surface area contributed by atoms with Gasteiger partial charge in [-0.15, -0.1) is 0 Å². The number of nitrogens with one attached hydrogen (secondary N) is 1. The first-order chi connectivity index (χ1) is 17.9. The summed E-state index contributed by atoms with van der Waals surface area (Å²) >= 11 is 0. The van der Waals surface area contributed by atoms with Crippen LogP contribution < -0.4 is 20.3 Å². The van der Waals surface area contributed by atoms with Crippen LogP contribution >= 0.6 is 0 Å². The summed E-state index contributed by atoms with van der Waals surface area (Å²) in [6, 6.07) is 6.17. The van der Waals surface area contributed by atoms with Crippen LogP contribution in [0.15, 0.2) is 46.3 Å². The Morgan fingerprint density at radius 1 is 0.946 bits per heavy atom. The van der Waals surface area contributed by atoms with Crippen molar-refractivity contribution in [1.29, 1.82) is 0 Å². The molecule has 206 valence electrons. The SMILES string of the molecule is CCCCCCCCOc1c(OC)c2ccc(NC/C=C(\C)CCC=C(C)C)cc2n(CCCC)c1=O. The van der Waals surface area contributed by atoms with Gasteiger partial charge in [0.05, 0.1) is 19.2 Å². The van der Waals surface area contributed by atoms with Gasteiger partial charge in [-0.1, -0.05) is 75.7 Å². The monoisotopic (exact) mass is 510 g/mol. The Kier molecular flexibility index (Phi) is 14.0. The van der Waals surface area contributed by atoms with Crippen molar-refractivity contribution in [2.75, 3.05) is 25.6 Å². The smallest absolute Gasteiger partial charge is 0.297 e. The highest BCUT2D eigenvalue weighted by molar-refractivity contribution is 5.90. The van der Waals surface area contributed by atoms with Crippen molar-refractivity contribution < 1.29 is 9.47 Å². The van der Waals surface area contributed by atoms with Crippen LogP contribution in [0.1, 0.15) is 98.8 Å². The summed E-state index contributed by atoms with van der Waals surface area (Å²) in [5.74, 6) is 0.885. The molecule has 0 aliphatic rings. The molecule has 0 fully saturated rings. The van der Waals surface area contributed by atoms with Gasteiger partial charge < -0.3 is 19.4 Å². The summed E-state index contributed by atoms with van der Waals surface area (Å²) in [4.78, 5) is 13.6. The van der Waals surface area contributed by atoms with Crippen molar-refractivity contribution >= 4 is 16.6 Å². The van der Waals surface area contributed by atoms with E-state index >= 15 is 0 Å². The number of aryl methyl sites for hydroxylation is 1. The fourth-order valence-corrected chi connectivity index (χ4v) is 4.47. The lowest BCUT2D eigenvalue weighted by atomic mass is 10.1. The number of benzene rings is 1. The lowest BCUT2D eigenvalue weighted by Gasteiger charge is -2.18.